The second kappa shape index (κ2) is 10.2. The topological polar surface area (TPSA) is 146 Å². The summed E-state index contributed by atoms with van der Waals surface area (Å²) in [4.78, 5) is 0. The molecule has 8 nitrogen and oxygen atoms in total. The molecule has 0 saturated heterocycles. The fourth-order valence-electron chi connectivity index (χ4n) is 0.689. The number of aliphatic hydroxyl groups excluding tert-OH is 3. The highest BCUT2D eigenvalue weighted by Crippen LogP contribution is 2.07. The number of aliphatic hydroxyl groups is 3. The number of nitrogens with two attached hydrogens (primary N) is 1. The third-order valence-corrected chi connectivity index (χ3v) is 1.18. The van der Waals surface area contributed by atoms with Crippen LogP contribution in [0.1, 0.15) is 0 Å². The van der Waals surface area contributed by atoms with E-state index < -0.39 is 6.10 Å². The number of rotatable bonds is 9. The summed E-state index contributed by atoms with van der Waals surface area (Å²) in [5, 5.41) is 25.5. The van der Waals surface area contributed by atoms with E-state index in [2.05, 4.69) is 0 Å². The maximum absolute atomic E-state index is 8.49. The smallest absolute Gasteiger partial charge is 0.348 e. The molecule has 0 aliphatic rings. The zero-order chi connectivity index (χ0) is 10.9. The van der Waals surface area contributed by atoms with Crippen molar-refractivity contribution in [3.05, 3.63) is 0 Å². The molecule has 0 unspecified atom stereocenters. The van der Waals surface area contributed by atoms with Crippen molar-refractivity contribution >= 4 is 0 Å². The normalized spacial score (nSPS) is 11.2. The van der Waals surface area contributed by atoms with E-state index in [1.54, 1.807) is 0 Å². The molecule has 0 fully saturated rings. The summed E-state index contributed by atoms with van der Waals surface area (Å²) in [5.41, 5.74) is 5.46. The standard InChI is InChI=1S/C7H17NO6.H2O/c8-7(12-4-1-9,13-5-2-10)14-6-3-11;/h9-11H,1-6,8H2;1H2. The predicted molar refractivity (Wildman–Crippen MR) is 49.6 cm³/mol. The lowest BCUT2D eigenvalue weighted by molar-refractivity contribution is -0.381. The van der Waals surface area contributed by atoms with Crippen molar-refractivity contribution in [3.8, 4) is 0 Å². The van der Waals surface area contributed by atoms with E-state index in [0.29, 0.717) is 0 Å². The van der Waals surface area contributed by atoms with Crippen LogP contribution in [0.5, 0.6) is 0 Å². The SMILES string of the molecule is NC(OCCO)(OCCO)OCCO.O. The summed E-state index contributed by atoms with van der Waals surface area (Å²) in [7, 11) is 0. The van der Waals surface area contributed by atoms with E-state index in [9.17, 15) is 0 Å². The van der Waals surface area contributed by atoms with E-state index in [1.807, 2.05) is 0 Å². The molecule has 8 heteroatoms. The number of hydrogen-bond acceptors (Lipinski definition) is 7. The number of ether oxygens (including phenoxy) is 3. The summed E-state index contributed by atoms with van der Waals surface area (Å²) in [6.45, 7) is -0.883. The predicted octanol–water partition coefficient (Wildman–Crippen LogP) is -3.24. The molecule has 0 saturated carbocycles. The van der Waals surface area contributed by atoms with Gasteiger partial charge in [-0.15, -0.1) is 0 Å². The molecule has 0 rings (SSSR count). The fourth-order valence-corrected chi connectivity index (χ4v) is 0.689. The van der Waals surface area contributed by atoms with E-state index in [0.717, 1.165) is 0 Å². The molecule has 0 bridgehead atoms. The molecule has 0 spiro atoms. The molecule has 7 N–H and O–H groups in total. The zero-order valence-electron chi connectivity index (χ0n) is 8.39. The van der Waals surface area contributed by atoms with Gasteiger partial charge in [0.15, 0.2) is 0 Å². The Morgan fingerprint density at radius 1 is 0.800 bits per heavy atom. The number of hydrogen-bond donors (Lipinski definition) is 4. The van der Waals surface area contributed by atoms with Gasteiger partial charge in [0.2, 0.25) is 0 Å². The molecule has 0 heterocycles. The van der Waals surface area contributed by atoms with Crippen molar-refractivity contribution in [2.24, 2.45) is 5.73 Å². The average molecular weight is 229 g/mol. The molecule has 0 atom stereocenters. The minimum atomic E-state index is -1.83. The Kier molecular flexibility index (Phi) is 11.6. The lowest BCUT2D eigenvalue weighted by atomic mass is 10.7. The molecule has 0 aromatic carbocycles. The third-order valence-electron chi connectivity index (χ3n) is 1.18. The van der Waals surface area contributed by atoms with Gasteiger partial charge in [0, 0.05) is 0 Å². The largest absolute Gasteiger partial charge is 0.412 e. The highest BCUT2D eigenvalue weighted by Gasteiger charge is 2.27. The van der Waals surface area contributed by atoms with Crippen molar-refractivity contribution in [1.29, 1.82) is 0 Å². The van der Waals surface area contributed by atoms with E-state index in [4.69, 9.17) is 35.3 Å². The van der Waals surface area contributed by atoms with Crippen molar-refractivity contribution < 1.29 is 35.0 Å². The highest BCUT2D eigenvalue weighted by molar-refractivity contribution is 4.46. The molecule has 0 aliphatic heterocycles. The first-order chi connectivity index (χ1) is 6.68. The molecule has 0 aliphatic carbocycles. The van der Waals surface area contributed by atoms with Crippen LogP contribution in [0.4, 0.5) is 0 Å². The van der Waals surface area contributed by atoms with Gasteiger partial charge in [0.05, 0.1) is 39.6 Å². The first-order valence-corrected chi connectivity index (χ1v) is 4.22. The van der Waals surface area contributed by atoms with Gasteiger partial charge in [-0.1, -0.05) is 0 Å². The van der Waals surface area contributed by atoms with Crippen LogP contribution in [0.25, 0.3) is 0 Å². The molecule has 0 amide bonds. The Morgan fingerprint density at radius 3 is 1.27 bits per heavy atom. The van der Waals surface area contributed by atoms with E-state index in [1.165, 1.54) is 0 Å². The monoisotopic (exact) mass is 229 g/mol. The Bertz CT molecular complexity index is 113. The van der Waals surface area contributed by atoms with Crippen LogP contribution in [-0.2, 0) is 14.2 Å². The van der Waals surface area contributed by atoms with Crippen molar-refractivity contribution in [3.63, 3.8) is 0 Å². The summed E-state index contributed by atoms with van der Waals surface area (Å²) >= 11 is 0. The Balaban J connectivity index is 0. The van der Waals surface area contributed by atoms with Gasteiger partial charge in [-0.05, 0) is 0 Å². The minimum Gasteiger partial charge on any atom is -0.412 e. The van der Waals surface area contributed by atoms with Crippen LogP contribution in [-0.4, -0.2) is 66.5 Å². The second-order valence-electron chi connectivity index (χ2n) is 2.32. The molecule has 0 radical (unpaired) electrons. The fraction of sp³-hybridized carbons (Fsp3) is 1.00. The van der Waals surface area contributed by atoms with Crippen molar-refractivity contribution in [2.75, 3.05) is 39.6 Å². The maximum atomic E-state index is 8.49. The van der Waals surface area contributed by atoms with Crippen LogP contribution in [0.3, 0.4) is 0 Å². The van der Waals surface area contributed by atoms with Crippen LogP contribution >= 0.6 is 0 Å². The molecule has 0 aromatic heterocycles. The van der Waals surface area contributed by atoms with Crippen LogP contribution in [0.15, 0.2) is 0 Å². The molecular weight excluding hydrogens is 210 g/mol. The quantitative estimate of drug-likeness (QED) is 0.304. The first kappa shape index (κ1) is 17.1. The summed E-state index contributed by atoms with van der Waals surface area (Å²) in [5.74, 6) is 0. The average Bonchev–Trinajstić information content (AvgIpc) is 2.21. The Hall–Kier alpha value is -0.320. The van der Waals surface area contributed by atoms with Gasteiger partial charge in [0.25, 0.3) is 0 Å². The zero-order valence-corrected chi connectivity index (χ0v) is 8.39. The lowest BCUT2D eigenvalue weighted by Crippen LogP contribution is -2.50. The molecule has 0 aromatic rings. The van der Waals surface area contributed by atoms with Crippen molar-refractivity contribution in [2.45, 2.75) is 6.10 Å². The highest BCUT2D eigenvalue weighted by atomic mass is 16.9. The van der Waals surface area contributed by atoms with Gasteiger partial charge in [0.1, 0.15) is 0 Å². The summed E-state index contributed by atoms with van der Waals surface area (Å²) < 4.78 is 14.5. The van der Waals surface area contributed by atoms with Gasteiger partial charge in [-0.25, -0.2) is 0 Å². The van der Waals surface area contributed by atoms with Gasteiger partial charge in [-0.2, -0.15) is 0 Å². The summed E-state index contributed by atoms with van der Waals surface area (Å²) in [6, 6.07) is 0. The van der Waals surface area contributed by atoms with Gasteiger partial charge < -0.3 is 35.0 Å². The van der Waals surface area contributed by atoms with Gasteiger partial charge >= 0.3 is 6.10 Å². The van der Waals surface area contributed by atoms with E-state index in [-0.39, 0.29) is 45.1 Å². The second-order valence-corrected chi connectivity index (χ2v) is 2.32. The minimum absolute atomic E-state index is 0. The van der Waals surface area contributed by atoms with Crippen LogP contribution in [0, 0.1) is 0 Å². The molecule has 15 heavy (non-hydrogen) atoms. The van der Waals surface area contributed by atoms with Gasteiger partial charge in [-0.3, -0.25) is 5.73 Å². The Morgan fingerprint density at radius 2 is 1.07 bits per heavy atom. The maximum Gasteiger partial charge on any atom is 0.348 e. The third kappa shape index (κ3) is 8.66. The van der Waals surface area contributed by atoms with E-state index >= 15 is 0 Å². The lowest BCUT2D eigenvalue weighted by Gasteiger charge is -2.27. The Labute approximate surface area is 87.5 Å². The summed E-state index contributed by atoms with van der Waals surface area (Å²) in [6.07, 6.45) is -1.83. The van der Waals surface area contributed by atoms with Crippen LogP contribution < -0.4 is 5.73 Å². The van der Waals surface area contributed by atoms with Crippen LogP contribution in [0.2, 0.25) is 0 Å². The first-order valence-electron chi connectivity index (χ1n) is 4.22. The molecular formula is C7H19NO7. The molecule has 94 valence electrons. The van der Waals surface area contributed by atoms with Crippen molar-refractivity contribution in [1.82, 2.24) is 0 Å².